The van der Waals surface area contributed by atoms with Crippen molar-refractivity contribution in [3.05, 3.63) is 52.6 Å². The van der Waals surface area contributed by atoms with Crippen molar-refractivity contribution in [1.29, 1.82) is 0 Å². The first-order valence-electron chi connectivity index (χ1n) is 5.98. The molecule has 11 heteroatoms. The molecule has 2 aromatic carbocycles. The summed E-state index contributed by atoms with van der Waals surface area (Å²) in [4.78, 5) is 23.7. The van der Waals surface area contributed by atoms with E-state index in [1.807, 2.05) is 0 Å². The van der Waals surface area contributed by atoms with Crippen LogP contribution in [0.15, 0.2) is 35.2 Å². The van der Waals surface area contributed by atoms with Crippen LogP contribution in [0.5, 0.6) is 11.5 Å². The summed E-state index contributed by atoms with van der Waals surface area (Å²) in [6.45, 7) is 0. The molecule has 0 amide bonds. The molecule has 0 fully saturated rings. The number of ketones is 2. The minimum atomic E-state index is -4.88. The van der Waals surface area contributed by atoms with Gasteiger partial charge in [0.25, 0.3) is 10.1 Å². The molecule has 0 aliphatic heterocycles. The van der Waals surface area contributed by atoms with Crippen LogP contribution in [0.3, 0.4) is 0 Å². The summed E-state index contributed by atoms with van der Waals surface area (Å²) in [5.74, 6) is -3.65. The van der Waals surface area contributed by atoms with Crippen molar-refractivity contribution in [1.82, 2.24) is 0 Å². The summed E-state index contributed by atoms with van der Waals surface area (Å²) < 4.78 is 31.5. The third-order valence-corrected chi connectivity index (χ3v) is 4.27. The van der Waals surface area contributed by atoms with E-state index in [-0.39, 0.29) is 99.8 Å². The first kappa shape index (κ1) is 25.3. The fourth-order valence-electron chi connectivity index (χ4n) is 2.40. The first-order chi connectivity index (χ1) is 10.2. The van der Waals surface area contributed by atoms with E-state index < -0.39 is 49.2 Å². The maximum atomic E-state index is 12.4. The minimum Gasteiger partial charge on any atom is -0.504 e. The number of carbonyl (C=O) groups is 2. The third kappa shape index (κ3) is 4.25. The second-order valence-electron chi connectivity index (χ2n) is 4.67. The monoisotopic (exact) mass is 389 g/mol. The second kappa shape index (κ2) is 8.99. The van der Waals surface area contributed by atoms with E-state index in [1.165, 1.54) is 24.3 Å². The molecule has 7 nitrogen and oxygen atoms in total. The normalized spacial score (nSPS) is 12.0. The number of fused-ring (bicyclic) bond motifs is 2. The summed E-state index contributed by atoms with van der Waals surface area (Å²) in [6, 6.07) is 6.49. The van der Waals surface area contributed by atoms with Crippen LogP contribution in [0.2, 0.25) is 0 Å². The van der Waals surface area contributed by atoms with Crippen molar-refractivity contribution >= 4 is 110 Å². The van der Waals surface area contributed by atoms with Gasteiger partial charge in [0, 0.05) is 105 Å². The smallest absolute Gasteiger partial charge is 0.298 e. The molecule has 3 rings (SSSR count). The SMILES string of the molecule is O=C1c2ccccc2C(=O)c2c1cc(S(=O)(=O)O)c(O)c2O.[Na].[Na].[Na]. The number of carbonyl (C=O) groups excluding carboxylic acids is 2. The van der Waals surface area contributed by atoms with E-state index in [2.05, 4.69) is 0 Å². The minimum absolute atomic E-state index is 0. The van der Waals surface area contributed by atoms with Crippen LogP contribution >= 0.6 is 0 Å². The number of phenolic OH excluding ortho intramolecular Hbond substituents is 2. The van der Waals surface area contributed by atoms with Crippen molar-refractivity contribution in [2.24, 2.45) is 0 Å². The van der Waals surface area contributed by atoms with Gasteiger partial charge in [-0.3, -0.25) is 14.1 Å². The largest absolute Gasteiger partial charge is 0.504 e. The van der Waals surface area contributed by atoms with E-state index in [0.29, 0.717) is 6.07 Å². The van der Waals surface area contributed by atoms with Crippen molar-refractivity contribution in [2.45, 2.75) is 4.90 Å². The number of hydrogen-bond acceptors (Lipinski definition) is 6. The van der Waals surface area contributed by atoms with Crippen molar-refractivity contribution in [2.75, 3.05) is 0 Å². The van der Waals surface area contributed by atoms with Crippen LogP contribution < -0.4 is 0 Å². The van der Waals surface area contributed by atoms with Crippen molar-refractivity contribution in [3.63, 3.8) is 0 Å². The van der Waals surface area contributed by atoms with Gasteiger partial charge >= 0.3 is 0 Å². The summed E-state index contributed by atoms with van der Waals surface area (Å²) >= 11 is 0. The van der Waals surface area contributed by atoms with Crippen LogP contribution in [0, 0.1) is 0 Å². The second-order valence-corrected chi connectivity index (χ2v) is 6.06. The molecular formula is C14H8Na3O7S. The fourth-order valence-corrected chi connectivity index (χ4v) is 3.01. The third-order valence-electron chi connectivity index (χ3n) is 3.41. The molecule has 0 unspecified atom stereocenters. The Morgan fingerprint density at radius 1 is 0.760 bits per heavy atom. The van der Waals surface area contributed by atoms with Gasteiger partial charge in [-0.15, -0.1) is 0 Å². The molecule has 0 bridgehead atoms. The molecule has 2 aromatic rings. The molecule has 0 spiro atoms. The molecule has 25 heavy (non-hydrogen) atoms. The summed E-state index contributed by atoms with van der Waals surface area (Å²) in [5, 5.41) is 19.6. The van der Waals surface area contributed by atoms with Crippen LogP contribution in [0.4, 0.5) is 0 Å². The number of rotatable bonds is 1. The molecule has 115 valence electrons. The summed E-state index contributed by atoms with van der Waals surface area (Å²) in [5.41, 5.74) is -0.805. The molecule has 3 N–H and O–H groups in total. The molecule has 1 aliphatic carbocycles. The topological polar surface area (TPSA) is 129 Å². The summed E-state index contributed by atoms with van der Waals surface area (Å²) in [7, 11) is -4.88. The average molecular weight is 389 g/mol. The molecule has 0 atom stereocenters. The maximum Gasteiger partial charge on any atom is 0.298 e. The van der Waals surface area contributed by atoms with Crippen LogP contribution in [-0.4, -0.2) is 123 Å². The van der Waals surface area contributed by atoms with E-state index in [9.17, 15) is 28.2 Å². The van der Waals surface area contributed by atoms with Crippen LogP contribution in [0.25, 0.3) is 0 Å². The van der Waals surface area contributed by atoms with Crippen LogP contribution in [-0.2, 0) is 10.1 Å². The Hall–Kier alpha value is 0.290. The van der Waals surface area contributed by atoms with Gasteiger partial charge in [-0.1, -0.05) is 24.3 Å². The zero-order valence-corrected chi connectivity index (χ0v) is 20.6. The quantitative estimate of drug-likeness (QED) is 0.303. The Morgan fingerprint density at radius 3 is 1.72 bits per heavy atom. The number of benzene rings is 2. The zero-order valence-electron chi connectivity index (χ0n) is 13.8. The van der Waals surface area contributed by atoms with Gasteiger partial charge in [0.05, 0.1) is 5.56 Å². The van der Waals surface area contributed by atoms with Gasteiger partial charge in [0.1, 0.15) is 4.90 Å². The molecule has 0 aromatic heterocycles. The Bertz CT molecular complexity index is 971. The molecule has 0 heterocycles. The van der Waals surface area contributed by atoms with E-state index in [1.54, 1.807) is 0 Å². The van der Waals surface area contributed by atoms with E-state index in [0.717, 1.165) is 0 Å². The molecule has 0 saturated carbocycles. The average Bonchev–Trinajstić information content (AvgIpc) is 2.46. The number of phenols is 2. The molecule has 3 radical (unpaired) electrons. The predicted octanol–water partition coefficient (Wildman–Crippen LogP) is -0.0225. The molecular weight excluding hydrogens is 381 g/mol. The van der Waals surface area contributed by atoms with Crippen LogP contribution in [0.1, 0.15) is 31.8 Å². The van der Waals surface area contributed by atoms with E-state index in [4.69, 9.17) is 4.55 Å². The van der Waals surface area contributed by atoms with Gasteiger partial charge in [-0.05, 0) is 6.07 Å². The van der Waals surface area contributed by atoms with Crippen molar-refractivity contribution in [3.8, 4) is 11.5 Å². The Balaban J connectivity index is 0.00000192. The Labute approximate surface area is 209 Å². The number of aromatic hydroxyl groups is 2. The van der Waals surface area contributed by atoms with Gasteiger partial charge in [0.15, 0.2) is 23.1 Å². The van der Waals surface area contributed by atoms with Gasteiger partial charge < -0.3 is 10.2 Å². The van der Waals surface area contributed by atoms with E-state index >= 15 is 0 Å². The zero-order chi connectivity index (χ0) is 16.2. The van der Waals surface area contributed by atoms with Crippen molar-refractivity contribution < 1.29 is 32.8 Å². The first-order valence-corrected chi connectivity index (χ1v) is 7.42. The predicted molar refractivity (Wildman–Crippen MR) is 90.2 cm³/mol. The Kier molecular flexibility index (Phi) is 9.09. The van der Waals surface area contributed by atoms with Gasteiger partial charge in [-0.25, -0.2) is 0 Å². The fraction of sp³-hybridized carbons (Fsp3) is 0. The molecule has 1 aliphatic rings. The maximum absolute atomic E-state index is 12.4. The van der Waals surface area contributed by atoms with Gasteiger partial charge in [-0.2, -0.15) is 8.42 Å². The molecule has 0 saturated heterocycles. The summed E-state index contributed by atoms with van der Waals surface area (Å²) in [6.07, 6.45) is 0. The Morgan fingerprint density at radius 2 is 1.24 bits per heavy atom. The van der Waals surface area contributed by atoms with Gasteiger partial charge in [0.2, 0.25) is 0 Å². The standard InChI is InChI=1S/C14H8O7S.3Na/c15-11-6-3-1-2-4-7(6)12(16)10-8(11)5-9(22(19,20)21)13(17)14(10)18;;;/h1-5,17-18H,(H,19,20,21);;;. The number of hydrogen-bond donors (Lipinski definition) is 3.